The summed E-state index contributed by atoms with van der Waals surface area (Å²) in [5.41, 5.74) is 5.49. The molecule has 2 rings (SSSR count). The Bertz CT molecular complexity index is 575. The van der Waals surface area contributed by atoms with Crippen molar-refractivity contribution in [2.45, 2.75) is 0 Å². The van der Waals surface area contributed by atoms with E-state index < -0.39 is 4.92 Å². The van der Waals surface area contributed by atoms with Gasteiger partial charge in [-0.1, -0.05) is 23.4 Å². The van der Waals surface area contributed by atoms with E-state index in [1.54, 1.807) is 0 Å². The van der Waals surface area contributed by atoms with Gasteiger partial charge in [0.15, 0.2) is 5.17 Å². The number of nitro benzene ring substituents is 1. The number of hydrogen-bond acceptors (Lipinski definition) is 6. The molecule has 0 saturated carbocycles. The molecular formula is C9H7ClN4O3S. The molecule has 18 heavy (non-hydrogen) atoms. The summed E-state index contributed by atoms with van der Waals surface area (Å²) in [6.45, 7) is 0. The Morgan fingerprint density at radius 1 is 1.56 bits per heavy atom. The number of nitrogens with two attached hydrogens (primary N) is 1. The fourth-order valence-corrected chi connectivity index (χ4v) is 2.21. The van der Waals surface area contributed by atoms with E-state index in [0.717, 1.165) is 0 Å². The molecule has 1 amide bonds. The lowest BCUT2D eigenvalue weighted by atomic mass is 10.2. The van der Waals surface area contributed by atoms with E-state index in [2.05, 4.69) is 10.3 Å². The van der Waals surface area contributed by atoms with Crippen LogP contribution in [-0.4, -0.2) is 21.8 Å². The first-order valence-corrected chi connectivity index (χ1v) is 6.08. The predicted molar refractivity (Wildman–Crippen MR) is 71.0 cm³/mol. The standard InChI is InChI=1S/C9H7ClN4O3S/c10-4-1-5(11)7(14(16)17)2-6(4)12-9-13-8(15)3-18-9/h1-2H,3,11H2,(H,12,13,15). The topological polar surface area (TPSA) is 111 Å². The lowest BCUT2D eigenvalue weighted by Crippen LogP contribution is -2.07. The molecule has 0 radical (unpaired) electrons. The molecule has 0 fully saturated rings. The molecule has 0 unspecified atom stereocenters. The van der Waals surface area contributed by atoms with Crippen LogP contribution in [0.1, 0.15) is 0 Å². The largest absolute Gasteiger partial charge is 0.393 e. The van der Waals surface area contributed by atoms with Crippen molar-refractivity contribution in [3.63, 3.8) is 0 Å². The minimum absolute atomic E-state index is 0.0207. The molecule has 3 N–H and O–H groups in total. The Morgan fingerprint density at radius 2 is 2.28 bits per heavy atom. The number of nitrogens with zero attached hydrogens (tertiary/aromatic N) is 2. The van der Waals surface area contributed by atoms with E-state index in [-0.39, 0.29) is 28.1 Å². The van der Waals surface area contributed by atoms with E-state index in [4.69, 9.17) is 17.3 Å². The smallest absolute Gasteiger partial charge is 0.294 e. The van der Waals surface area contributed by atoms with E-state index >= 15 is 0 Å². The highest BCUT2D eigenvalue weighted by atomic mass is 35.5. The molecule has 1 aromatic carbocycles. The van der Waals surface area contributed by atoms with Gasteiger partial charge in [-0.2, -0.15) is 4.99 Å². The van der Waals surface area contributed by atoms with Crippen LogP contribution in [-0.2, 0) is 4.79 Å². The fourth-order valence-electron chi connectivity index (χ4n) is 1.32. The summed E-state index contributed by atoms with van der Waals surface area (Å²) >= 11 is 7.11. The third-order valence-electron chi connectivity index (χ3n) is 2.11. The van der Waals surface area contributed by atoms with Gasteiger partial charge in [0.2, 0.25) is 0 Å². The maximum Gasteiger partial charge on any atom is 0.294 e. The lowest BCUT2D eigenvalue weighted by molar-refractivity contribution is -0.383. The second-order valence-corrected chi connectivity index (χ2v) is 4.74. The van der Waals surface area contributed by atoms with Crippen molar-refractivity contribution in [3.05, 3.63) is 27.3 Å². The lowest BCUT2D eigenvalue weighted by Gasteiger charge is -2.08. The van der Waals surface area contributed by atoms with Crippen molar-refractivity contribution < 1.29 is 9.72 Å². The number of hydrogen-bond donors (Lipinski definition) is 2. The number of amides is 1. The maximum absolute atomic E-state index is 10.9. The highest BCUT2D eigenvalue weighted by molar-refractivity contribution is 8.15. The van der Waals surface area contributed by atoms with Crippen molar-refractivity contribution in [1.29, 1.82) is 0 Å². The van der Waals surface area contributed by atoms with E-state index in [1.807, 2.05) is 0 Å². The molecule has 0 saturated heterocycles. The van der Waals surface area contributed by atoms with E-state index in [1.165, 1.54) is 23.9 Å². The molecule has 1 aromatic rings. The molecule has 1 heterocycles. The van der Waals surface area contributed by atoms with Crippen molar-refractivity contribution in [1.82, 2.24) is 0 Å². The minimum atomic E-state index is -0.606. The Balaban J connectivity index is 2.33. The summed E-state index contributed by atoms with van der Waals surface area (Å²) in [5, 5.41) is 14.1. The Hall–Kier alpha value is -1.80. The second kappa shape index (κ2) is 4.83. The number of thioether (sulfide) groups is 1. The summed E-state index contributed by atoms with van der Waals surface area (Å²) < 4.78 is 0. The fraction of sp³-hybridized carbons (Fsp3) is 0.111. The third kappa shape index (κ3) is 2.54. The number of carbonyl (C=O) groups excluding carboxylic acids is 1. The molecule has 9 heteroatoms. The molecule has 1 aliphatic heterocycles. The van der Waals surface area contributed by atoms with Gasteiger partial charge in [0.25, 0.3) is 11.6 Å². The van der Waals surface area contributed by atoms with Gasteiger partial charge in [-0.25, -0.2) is 0 Å². The molecule has 0 aliphatic carbocycles. The predicted octanol–water partition coefficient (Wildman–Crippen LogP) is 1.87. The Kier molecular flexibility index (Phi) is 3.39. The molecule has 0 bridgehead atoms. The van der Waals surface area contributed by atoms with Gasteiger partial charge in [0.05, 0.1) is 21.4 Å². The van der Waals surface area contributed by atoms with Crippen molar-refractivity contribution in [2.75, 3.05) is 16.8 Å². The Morgan fingerprint density at radius 3 is 2.83 bits per heavy atom. The molecule has 0 spiro atoms. The number of halogens is 1. The quantitative estimate of drug-likeness (QED) is 0.488. The number of nitrogen functional groups attached to an aromatic ring is 1. The van der Waals surface area contributed by atoms with Gasteiger partial charge < -0.3 is 11.1 Å². The van der Waals surface area contributed by atoms with Gasteiger partial charge in [0, 0.05) is 6.07 Å². The number of rotatable bonds is 2. The summed E-state index contributed by atoms with van der Waals surface area (Å²) in [5.74, 6) is -0.0135. The van der Waals surface area contributed by atoms with Gasteiger partial charge in [-0.05, 0) is 6.07 Å². The van der Waals surface area contributed by atoms with Crippen LogP contribution in [0.2, 0.25) is 5.02 Å². The molecular weight excluding hydrogens is 280 g/mol. The third-order valence-corrected chi connectivity index (χ3v) is 3.28. The minimum Gasteiger partial charge on any atom is -0.393 e. The number of aliphatic imine (C=N–C) groups is 1. The van der Waals surface area contributed by atoms with Crippen LogP contribution in [0.3, 0.4) is 0 Å². The zero-order valence-electron chi connectivity index (χ0n) is 8.84. The normalized spacial score (nSPS) is 14.5. The van der Waals surface area contributed by atoms with Crippen LogP contribution in [0.15, 0.2) is 17.1 Å². The number of anilines is 2. The summed E-state index contributed by atoms with van der Waals surface area (Å²) in [7, 11) is 0. The van der Waals surface area contributed by atoms with Gasteiger partial charge in [-0.3, -0.25) is 14.9 Å². The monoisotopic (exact) mass is 286 g/mol. The molecule has 1 aliphatic rings. The first kappa shape index (κ1) is 12.7. The highest BCUT2D eigenvalue weighted by Gasteiger charge is 2.19. The Labute approximate surface area is 111 Å². The average Bonchev–Trinajstić information content (AvgIpc) is 2.67. The van der Waals surface area contributed by atoms with Gasteiger partial charge >= 0.3 is 0 Å². The van der Waals surface area contributed by atoms with E-state index in [9.17, 15) is 14.9 Å². The van der Waals surface area contributed by atoms with Crippen LogP contribution in [0.5, 0.6) is 0 Å². The average molecular weight is 287 g/mol. The van der Waals surface area contributed by atoms with Crippen molar-refractivity contribution >= 4 is 51.5 Å². The SMILES string of the molecule is Nc1cc(Cl)c(NC2=NC(=O)CS2)cc1[N+](=O)[O-]. The molecule has 94 valence electrons. The number of nitro groups is 1. The first-order valence-electron chi connectivity index (χ1n) is 4.72. The van der Waals surface area contributed by atoms with E-state index in [0.29, 0.717) is 10.9 Å². The molecule has 0 atom stereocenters. The number of nitrogens with one attached hydrogen (secondary N) is 1. The maximum atomic E-state index is 10.9. The molecule has 0 aromatic heterocycles. The van der Waals surface area contributed by atoms with Crippen LogP contribution in [0.25, 0.3) is 0 Å². The van der Waals surface area contributed by atoms with Crippen molar-refractivity contribution in [2.24, 2.45) is 4.99 Å². The van der Waals surface area contributed by atoms with Crippen LogP contribution in [0, 0.1) is 10.1 Å². The first-order chi connectivity index (χ1) is 8.47. The highest BCUT2D eigenvalue weighted by Crippen LogP contribution is 2.33. The number of amidine groups is 1. The summed E-state index contributed by atoms with van der Waals surface area (Å²) in [6.07, 6.45) is 0. The second-order valence-electron chi connectivity index (χ2n) is 3.37. The van der Waals surface area contributed by atoms with Crippen LogP contribution >= 0.6 is 23.4 Å². The molecule has 7 nitrogen and oxygen atoms in total. The number of benzene rings is 1. The zero-order valence-corrected chi connectivity index (χ0v) is 10.4. The van der Waals surface area contributed by atoms with Crippen LogP contribution < -0.4 is 11.1 Å². The summed E-state index contributed by atoms with van der Waals surface area (Å²) in [4.78, 5) is 24.8. The zero-order chi connectivity index (χ0) is 13.3. The van der Waals surface area contributed by atoms with Crippen LogP contribution in [0.4, 0.5) is 17.1 Å². The van der Waals surface area contributed by atoms with Gasteiger partial charge in [0.1, 0.15) is 5.69 Å². The van der Waals surface area contributed by atoms with Gasteiger partial charge in [-0.15, -0.1) is 0 Å². The summed E-state index contributed by atoms with van der Waals surface area (Å²) in [6, 6.07) is 2.49. The van der Waals surface area contributed by atoms with Crippen molar-refractivity contribution in [3.8, 4) is 0 Å². The number of carbonyl (C=O) groups is 1.